The van der Waals surface area contributed by atoms with Gasteiger partial charge in [0.05, 0.1) is 0 Å². The molecule has 0 aromatic carbocycles. The highest BCUT2D eigenvalue weighted by molar-refractivity contribution is 5.85. The van der Waals surface area contributed by atoms with Gasteiger partial charge in [-0.2, -0.15) is 0 Å². The molecule has 1 aliphatic rings. The van der Waals surface area contributed by atoms with E-state index in [1.54, 1.807) is 4.90 Å². The Bertz CT molecular complexity index is 241. The van der Waals surface area contributed by atoms with Crippen LogP contribution < -0.4 is 5.73 Å². The topological polar surface area (TPSA) is 55.6 Å². The first kappa shape index (κ1) is 15.5. The Hall–Kier alpha value is -0.480. The lowest BCUT2D eigenvalue weighted by atomic mass is 10.00. The van der Waals surface area contributed by atoms with E-state index < -0.39 is 5.60 Å². The summed E-state index contributed by atoms with van der Waals surface area (Å²) < 4.78 is 5.33. The second kappa shape index (κ2) is 5.73. The minimum absolute atomic E-state index is 0. The van der Waals surface area contributed by atoms with Crippen LogP contribution in [0.15, 0.2) is 0 Å². The third kappa shape index (κ3) is 4.58. The predicted molar refractivity (Wildman–Crippen MR) is 66.9 cm³/mol. The number of carbonyl (C=O) groups excluding carboxylic acids is 1. The van der Waals surface area contributed by atoms with E-state index in [9.17, 15) is 4.79 Å². The van der Waals surface area contributed by atoms with Crippen molar-refractivity contribution in [3.05, 3.63) is 0 Å². The third-order valence-electron chi connectivity index (χ3n) is 2.54. The number of hydrogen-bond donors (Lipinski definition) is 1. The van der Waals surface area contributed by atoms with Crippen molar-refractivity contribution >= 4 is 18.5 Å². The lowest BCUT2D eigenvalue weighted by Crippen LogP contribution is -2.49. The van der Waals surface area contributed by atoms with Crippen molar-refractivity contribution in [3.63, 3.8) is 0 Å². The number of nitrogens with zero attached hydrogens (tertiary/aromatic N) is 1. The van der Waals surface area contributed by atoms with Gasteiger partial charge in [-0.25, -0.2) is 4.79 Å². The van der Waals surface area contributed by atoms with Crippen LogP contribution in [0.5, 0.6) is 0 Å². The fourth-order valence-electron chi connectivity index (χ4n) is 1.80. The Morgan fingerprint density at radius 1 is 1.44 bits per heavy atom. The summed E-state index contributed by atoms with van der Waals surface area (Å²) in [7, 11) is 0. The molecule has 0 radical (unpaired) electrons. The van der Waals surface area contributed by atoms with Crippen molar-refractivity contribution < 1.29 is 9.53 Å². The molecule has 2 atom stereocenters. The highest BCUT2D eigenvalue weighted by atomic mass is 35.5. The largest absolute Gasteiger partial charge is 0.444 e. The summed E-state index contributed by atoms with van der Waals surface area (Å²) in [4.78, 5) is 13.6. The van der Waals surface area contributed by atoms with Crippen LogP contribution in [0.4, 0.5) is 4.79 Å². The summed E-state index contributed by atoms with van der Waals surface area (Å²) in [5.41, 5.74) is 5.42. The summed E-state index contributed by atoms with van der Waals surface area (Å²) in [5, 5.41) is 0. The zero-order valence-corrected chi connectivity index (χ0v) is 11.3. The molecule has 0 unspecified atom stereocenters. The first-order chi connectivity index (χ1) is 6.79. The molecule has 1 heterocycles. The number of rotatable bonds is 0. The van der Waals surface area contributed by atoms with E-state index in [-0.39, 0.29) is 30.6 Å². The molecule has 0 aromatic rings. The van der Waals surface area contributed by atoms with Gasteiger partial charge in [-0.3, -0.25) is 0 Å². The van der Waals surface area contributed by atoms with Crippen LogP contribution >= 0.6 is 12.4 Å². The number of ether oxygens (including phenoxy) is 1. The lowest BCUT2D eigenvalue weighted by molar-refractivity contribution is 0.0107. The van der Waals surface area contributed by atoms with Gasteiger partial charge in [0.25, 0.3) is 0 Å². The van der Waals surface area contributed by atoms with E-state index >= 15 is 0 Å². The highest BCUT2D eigenvalue weighted by Gasteiger charge is 2.30. The number of carbonyl (C=O) groups is 1. The average molecular weight is 251 g/mol. The van der Waals surface area contributed by atoms with E-state index in [4.69, 9.17) is 10.5 Å². The molecule has 1 rings (SSSR count). The van der Waals surface area contributed by atoms with E-state index in [2.05, 4.69) is 0 Å². The van der Waals surface area contributed by atoms with Gasteiger partial charge in [-0.15, -0.1) is 12.4 Å². The third-order valence-corrected chi connectivity index (χ3v) is 2.54. The Labute approximate surface area is 104 Å². The van der Waals surface area contributed by atoms with Gasteiger partial charge >= 0.3 is 6.09 Å². The quantitative estimate of drug-likeness (QED) is 0.717. The maximum atomic E-state index is 11.8. The van der Waals surface area contributed by atoms with Crippen LogP contribution in [0.3, 0.4) is 0 Å². The summed E-state index contributed by atoms with van der Waals surface area (Å²) in [6, 6.07) is 0.405. The van der Waals surface area contributed by atoms with Gasteiger partial charge < -0.3 is 15.4 Å². The van der Waals surface area contributed by atoms with Gasteiger partial charge in [0.1, 0.15) is 5.60 Å². The average Bonchev–Trinajstić information content (AvgIpc) is 1.99. The molecule has 1 saturated heterocycles. The van der Waals surface area contributed by atoms with Gasteiger partial charge in [0.15, 0.2) is 0 Å². The van der Waals surface area contributed by atoms with E-state index in [0.717, 1.165) is 12.8 Å². The molecule has 0 aromatic heterocycles. The number of nitrogens with two attached hydrogens (primary N) is 1. The van der Waals surface area contributed by atoms with Crippen LogP contribution in [-0.2, 0) is 4.74 Å². The molecule has 2 N–H and O–H groups in total. The van der Waals surface area contributed by atoms with Crippen molar-refractivity contribution in [2.75, 3.05) is 6.54 Å². The van der Waals surface area contributed by atoms with Gasteiger partial charge in [0, 0.05) is 18.6 Å². The normalized spacial score (nSPS) is 25.9. The fourth-order valence-corrected chi connectivity index (χ4v) is 1.80. The molecule has 0 aliphatic carbocycles. The molecular weight excluding hydrogens is 228 g/mol. The predicted octanol–water partition coefficient (Wildman–Crippen LogP) is 2.15. The summed E-state index contributed by atoms with van der Waals surface area (Å²) in [6.07, 6.45) is 1.50. The minimum Gasteiger partial charge on any atom is -0.444 e. The Kier molecular flexibility index (Phi) is 5.56. The Balaban J connectivity index is 0.00000225. The molecule has 0 bridgehead atoms. The van der Waals surface area contributed by atoms with Crippen LogP contribution in [-0.4, -0.2) is 35.2 Å². The van der Waals surface area contributed by atoms with Gasteiger partial charge in [-0.1, -0.05) is 0 Å². The van der Waals surface area contributed by atoms with Crippen LogP contribution in [0.25, 0.3) is 0 Å². The molecule has 0 saturated carbocycles. The monoisotopic (exact) mass is 250 g/mol. The zero-order valence-electron chi connectivity index (χ0n) is 10.5. The molecule has 0 spiro atoms. The zero-order chi connectivity index (χ0) is 11.6. The molecule has 1 amide bonds. The standard InChI is InChI=1S/C11H22N2O2.ClH/c1-8-7-9(12)5-6-13(8)10(14)15-11(2,3)4;/h8-9H,5-7,12H2,1-4H3;1H/t8-,9-;/m0./s1. The number of hydrogen-bond acceptors (Lipinski definition) is 3. The van der Waals surface area contributed by atoms with Crippen LogP contribution in [0, 0.1) is 0 Å². The second-order valence-electron chi connectivity index (χ2n) is 5.31. The fraction of sp³-hybridized carbons (Fsp3) is 0.909. The minimum atomic E-state index is -0.420. The molecule has 5 heteroatoms. The first-order valence-electron chi connectivity index (χ1n) is 5.55. The number of piperidine rings is 1. The molecular formula is C11H23ClN2O2. The van der Waals surface area contributed by atoms with E-state index in [1.807, 2.05) is 27.7 Å². The van der Waals surface area contributed by atoms with Crippen LogP contribution in [0.2, 0.25) is 0 Å². The van der Waals surface area contributed by atoms with Gasteiger partial charge in [0.2, 0.25) is 0 Å². The van der Waals surface area contributed by atoms with Crippen molar-refractivity contribution in [2.45, 2.75) is 58.2 Å². The maximum absolute atomic E-state index is 11.8. The Morgan fingerprint density at radius 3 is 2.44 bits per heavy atom. The summed E-state index contributed by atoms with van der Waals surface area (Å²) in [6.45, 7) is 8.36. The molecule has 4 nitrogen and oxygen atoms in total. The van der Waals surface area contributed by atoms with Crippen molar-refractivity contribution in [3.8, 4) is 0 Å². The summed E-state index contributed by atoms with van der Waals surface area (Å²) in [5.74, 6) is 0. The van der Waals surface area contributed by atoms with Crippen molar-refractivity contribution in [1.82, 2.24) is 4.90 Å². The van der Waals surface area contributed by atoms with Gasteiger partial charge in [-0.05, 0) is 40.5 Å². The van der Waals surface area contributed by atoms with E-state index in [1.165, 1.54) is 0 Å². The highest BCUT2D eigenvalue weighted by Crippen LogP contribution is 2.19. The number of halogens is 1. The summed E-state index contributed by atoms with van der Waals surface area (Å²) >= 11 is 0. The molecule has 1 fully saturated rings. The lowest BCUT2D eigenvalue weighted by Gasteiger charge is -2.37. The number of amides is 1. The second-order valence-corrected chi connectivity index (χ2v) is 5.31. The molecule has 1 aliphatic heterocycles. The maximum Gasteiger partial charge on any atom is 0.410 e. The molecule has 96 valence electrons. The number of likely N-dealkylation sites (tertiary alicyclic amines) is 1. The molecule has 16 heavy (non-hydrogen) atoms. The first-order valence-corrected chi connectivity index (χ1v) is 5.55. The SMILES string of the molecule is C[C@H]1C[C@@H](N)CCN1C(=O)OC(C)(C)C.Cl. The Morgan fingerprint density at radius 2 is 2.00 bits per heavy atom. The smallest absolute Gasteiger partial charge is 0.410 e. The van der Waals surface area contributed by atoms with E-state index in [0.29, 0.717) is 6.54 Å². The van der Waals surface area contributed by atoms with Crippen LogP contribution in [0.1, 0.15) is 40.5 Å². The van der Waals surface area contributed by atoms with Crippen molar-refractivity contribution in [2.24, 2.45) is 5.73 Å². The van der Waals surface area contributed by atoms with Crippen molar-refractivity contribution in [1.29, 1.82) is 0 Å².